The van der Waals surface area contributed by atoms with E-state index in [1.165, 1.54) is 5.56 Å². The molecule has 3 nitrogen and oxygen atoms in total. The summed E-state index contributed by atoms with van der Waals surface area (Å²) in [5.41, 5.74) is 1.23. The molecule has 2 N–H and O–H groups in total. The summed E-state index contributed by atoms with van der Waals surface area (Å²) >= 11 is 0. The van der Waals surface area contributed by atoms with Crippen LogP contribution in [0.15, 0.2) is 18.5 Å². The molecule has 0 saturated carbocycles. The van der Waals surface area contributed by atoms with Gasteiger partial charge in [0, 0.05) is 31.3 Å². The molecule has 1 aromatic heterocycles. The van der Waals surface area contributed by atoms with Crippen molar-refractivity contribution in [3.05, 3.63) is 24.0 Å². The summed E-state index contributed by atoms with van der Waals surface area (Å²) in [5.74, 6) is 0.546. The van der Waals surface area contributed by atoms with Crippen LogP contribution in [0.1, 0.15) is 17.9 Å². The molecule has 1 unspecified atom stereocenters. The highest BCUT2D eigenvalue weighted by Crippen LogP contribution is 2.21. The molecule has 0 radical (unpaired) electrons. The predicted molar refractivity (Wildman–Crippen MR) is 41.2 cm³/mol. The van der Waals surface area contributed by atoms with Crippen molar-refractivity contribution in [1.82, 2.24) is 10.3 Å². The number of carbonyl (C=O) groups excluding carboxylic acids is 1. The summed E-state index contributed by atoms with van der Waals surface area (Å²) in [5, 5.41) is 2.81. The van der Waals surface area contributed by atoms with Crippen LogP contribution in [0, 0.1) is 0 Å². The van der Waals surface area contributed by atoms with Crippen molar-refractivity contribution in [2.45, 2.75) is 12.3 Å². The Morgan fingerprint density at radius 2 is 2.45 bits per heavy atom. The van der Waals surface area contributed by atoms with E-state index in [0.717, 1.165) is 6.54 Å². The van der Waals surface area contributed by atoms with Crippen LogP contribution in [0.4, 0.5) is 0 Å². The fourth-order valence-corrected chi connectivity index (χ4v) is 1.43. The van der Waals surface area contributed by atoms with Crippen molar-refractivity contribution >= 4 is 5.91 Å². The molecule has 11 heavy (non-hydrogen) atoms. The summed E-state index contributed by atoms with van der Waals surface area (Å²) in [4.78, 5) is 13.8. The molecular formula is C8H10N2O. The Morgan fingerprint density at radius 1 is 1.55 bits per heavy atom. The van der Waals surface area contributed by atoms with Crippen LogP contribution in [0.5, 0.6) is 0 Å². The number of aromatic nitrogens is 1. The Hall–Kier alpha value is -1.25. The van der Waals surface area contributed by atoms with Gasteiger partial charge in [-0.05, 0) is 11.6 Å². The smallest absolute Gasteiger partial charge is 0.220 e. The van der Waals surface area contributed by atoms with Crippen molar-refractivity contribution in [2.75, 3.05) is 6.54 Å². The largest absolute Gasteiger partial charge is 0.367 e. The van der Waals surface area contributed by atoms with Gasteiger partial charge in [0.1, 0.15) is 0 Å². The zero-order valence-electron chi connectivity index (χ0n) is 6.13. The number of amides is 1. The third-order valence-electron chi connectivity index (χ3n) is 2.07. The molecule has 1 fully saturated rings. The lowest BCUT2D eigenvalue weighted by Gasteiger charge is -2.01. The third kappa shape index (κ3) is 1.13. The number of rotatable bonds is 1. The van der Waals surface area contributed by atoms with E-state index in [-0.39, 0.29) is 5.91 Å². The topological polar surface area (TPSA) is 44.9 Å². The van der Waals surface area contributed by atoms with E-state index in [9.17, 15) is 4.79 Å². The number of nitrogens with one attached hydrogen (secondary N) is 2. The molecule has 1 amide bonds. The lowest BCUT2D eigenvalue weighted by atomic mass is 10.0. The molecule has 1 aliphatic heterocycles. The molecule has 1 atom stereocenters. The van der Waals surface area contributed by atoms with Gasteiger partial charge in [0.15, 0.2) is 0 Å². The van der Waals surface area contributed by atoms with Gasteiger partial charge >= 0.3 is 0 Å². The van der Waals surface area contributed by atoms with Gasteiger partial charge in [-0.15, -0.1) is 0 Å². The van der Waals surface area contributed by atoms with Gasteiger partial charge in [-0.25, -0.2) is 0 Å². The van der Waals surface area contributed by atoms with E-state index in [0.29, 0.717) is 12.3 Å². The highest BCUT2D eigenvalue weighted by Gasteiger charge is 2.22. The van der Waals surface area contributed by atoms with E-state index >= 15 is 0 Å². The molecular weight excluding hydrogens is 140 g/mol. The number of hydrogen-bond donors (Lipinski definition) is 2. The van der Waals surface area contributed by atoms with E-state index in [1.54, 1.807) is 0 Å². The number of aromatic amines is 1. The molecule has 2 heterocycles. The first kappa shape index (κ1) is 6.46. The second-order valence-corrected chi connectivity index (χ2v) is 2.85. The molecule has 3 heteroatoms. The standard InChI is InChI=1S/C8H10N2O/c11-8-3-7(5-10-8)6-1-2-9-4-6/h1-2,4,7,9H,3,5H2,(H,10,11). The molecule has 58 valence electrons. The minimum atomic E-state index is 0.163. The Labute approximate surface area is 64.8 Å². The highest BCUT2D eigenvalue weighted by molar-refractivity contribution is 5.79. The van der Waals surface area contributed by atoms with Crippen molar-refractivity contribution in [2.24, 2.45) is 0 Å². The van der Waals surface area contributed by atoms with Gasteiger partial charge in [0.2, 0.25) is 5.91 Å². The Bertz CT molecular complexity index is 253. The summed E-state index contributed by atoms with van der Waals surface area (Å²) in [6, 6.07) is 2.02. The monoisotopic (exact) mass is 150 g/mol. The second kappa shape index (κ2) is 2.42. The quantitative estimate of drug-likeness (QED) is 0.605. The van der Waals surface area contributed by atoms with Gasteiger partial charge in [-0.1, -0.05) is 0 Å². The molecule has 0 spiro atoms. The lowest BCUT2D eigenvalue weighted by Crippen LogP contribution is -2.13. The van der Waals surface area contributed by atoms with Crippen molar-refractivity contribution < 1.29 is 4.79 Å². The summed E-state index contributed by atoms with van der Waals surface area (Å²) in [6.07, 6.45) is 4.47. The van der Waals surface area contributed by atoms with E-state index < -0.39 is 0 Å². The van der Waals surface area contributed by atoms with Crippen LogP contribution < -0.4 is 5.32 Å². The minimum Gasteiger partial charge on any atom is -0.367 e. The molecule has 0 bridgehead atoms. The average Bonchev–Trinajstić information content (AvgIpc) is 2.55. The average molecular weight is 150 g/mol. The lowest BCUT2D eigenvalue weighted by molar-refractivity contribution is -0.119. The van der Waals surface area contributed by atoms with Crippen molar-refractivity contribution in [3.63, 3.8) is 0 Å². The van der Waals surface area contributed by atoms with Gasteiger partial charge < -0.3 is 10.3 Å². The van der Waals surface area contributed by atoms with Crippen LogP contribution in [-0.2, 0) is 4.79 Å². The van der Waals surface area contributed by atoms with Gasteiger partial charge in [0.05, 0.1) is 0 Å². The molecule has 0 aromatic carbocycles. The number of carbonyl (C=O) groups is 1. The minimum absolute atomic E-state index is 0.163. The first-order chi connectivity index (χ1) is 5.36. The fourth-order valence-electron chi connectivity index (χ4n) is 1.43. The zero-order valence-corrected chi connectivity index (χ0v) is 6.13. The maximum atomic E-state index is 10.8. The first-order valence-electron chi connectivity index (χ1n) is 3.75. The molecule has 0 aliphatic carbocycles. The van der Waals surface area contributed by atoms with Crippen LogP contribution in [0.3, 0.4) is 0 Å². The van der Waals surface area contributed by atoms with Gasteiger partial charge in [-0.2, -0.15) is 0 Å². The first-order valence-corrected chi connectivity index (χ1v) is 3.75. The van der Waals surface area contributed by atoms with E-state index in [4.69, 9.17) is 0 Å². The van der Waals surface area contributed by atoms with E-state index in [1.807, 2.05) is 18.5 Å². The van der Waals surface area contributed by atoms with Crippen LogP contribution >= 0.6 is 0 Å². The summed E-state index contributed by atoms with van der Waals surface area (Å²) in [6.45, 7) is 0.788. The SMILES string of the molecule is O=C1CC(c2cc[nH]c2)CN1. The number of H-pyrrole nitrogens is 1. The normalized spacial score (nSPS) is 23.6. The van der Waals surface area contributed by atoms with Gasteiger partial charge in [0.25, 0.3) is 0 Å². The summed E-state index contributed by atoms with van der Waals surface area (Å²) in [7, 11) is 0. The van der Waals surface area contributed by atoms with Crippen LogP contribution in [0.2, 0.25) is 0 Å². The second-order valence-electron chi connectivity index (χ2n) is 2.85. The Kier molecular flexibility index (Phi) is 1.42. The zero-order chi connectivity index (χ0) is 7.68. The fraction of sp³-hybridized carbons (Fsp3) is 0.375. The maximum Gasteiger partial charge on any atom is 0.220 e. The molecule has 2 rings (SSSR count). The van der Waals surface area contributed by atoms with E-state index in [2.05, 4.69) is 10.3 Å². The van der Waals surface area contributed by atoms with Crippen molar-refractivity contribution in [3.8, 4) is 0 Å². The predicted octanol–water partition coefficient (Wildman–Crippen LogP) is 0.618. The Balaban J connectivity index is 2.13. The number of hydrogen-bond acceptors (Lipinski definition) is 1. The molecule has 1 aromatic rings. The van der Waals surface area contributed by atoms with Crippen LogP contribution in [-0.4, -0.2) is 17.4 Å². The summed E-state index contributed by atoms with van der Waals surface area (Å²) < 4.78 is 0. The van der Waals surface area contributed by atoms with Crippen LogP contribution in [0.25, 0.3) is 0 Å². The highest BCUT2D eigenvalue weighted by atomic mass is 16.1. The third-order valence-corrected chi connectivity index (χ3v) is 2.07. The molecule has 1 aliphatic rings. The Morgan fingerprint density at radius 3 is 3.00 bits per heavy atom. The molecule has 1 saturated heterocycles. The van der Waals surface area contributed by atoms with Gasteiger partial charge in [-0.3, -0.25) is 4.79 Å². The van der Waals surface area contributed by atoms with Crippen molar-refractivity contribution in [1.29, 1.82) is 0 Å². The maximum absolute atomic E-state index is 10.8.